The lowest BCUT2D eigenvalue weighted by atomic mass is 10.1. The topological polar surface area (TPSA) is 87.7 Å². The molecule has 3 aromatic rings. The van der Waals surface area contributed by atoms with Crippen molar-refractivity contribution in [2.75, 3.05) is 25.5 Å². The zero-order valence-electron chi connectivity index (χ0n) is 20.1. The van der Waals surface area contributed by atoms with Crippen LogP contribution >= 0.6 is 23.1 Å². The Morgan fingerprint density at radius 2 is 2.00 bits per heavy atom. The minimum absolute atomic E-state index is 0.00369. The Kier molecular flexibility index (Phi) is 6.97. The molecule has 186 valence electrons. The fraction of sp³-hybridized carbons (Fsp3) is 0.308. The van der Waals surface area contributed by atoms with Crippen LogP contribution in [-0.4, -0.2) is 63.9 Å². The molecule has 2 aliphatic rings. The van der Waals surface area contributed by atoms with E-state index in [4.69, 9.17) is 4.74 Å². The third-order valence-electron chi connectivity index (χ3n) is 6.53. The standard InChI is InChI=1S/C26H27N5O3S2/c1-4-23(32)30-14-17-8-9-18(15-30)31(17)25(33)19-12-21(16(2)11-20(19)34-3)35-24-13-28-26(36-24)29-22-7-5-6-10-27-22/h4-7,10-13,17-18H,1,8-9,14-15H2,2-3H3,(H,27,28,29)/t17-,18-/m1/s1. The third kappa shape index (κ3) is 4.83. The van der Waals surface area contributed by atoms with Crippen LogP contribution in [0.1, 0.15) is 28.8 Å². The number of ether oxygens (including phenoxy) is 1. The van der Waals surface area contributed by atoms with Gasteiger partial charge in [-0.25, -0.2) is 9.97 Å². The predicted octanol–water partition coefficient (Wildman–Crippen LogP) is 4.75. The number of aryl methyl sites for hydroxylation is 1. The van der Waals surface area contributed by atoms with Crippen LogP contribution in [0.4, 0.5) is 10.9 Å². The molecule has 4 heterocycles. The van der Waals surface area contributed by atoms with Crippen molar-refractivity contribution in [3.05, 3.63) is 66.5 Å². The fourth-order valence-corrected chi connectivity index (χ4v) is 6.76. The third-order valence-corrected chi connectivity index (χ3v) is 8.70. The lowest BCUT2D eigenvalue weighted by molar-refractivity contribution is -0.128. The van der Waals surface area contributed by atoms with Gasteiger partial charge in [-0.2, -0.15) is 0 Å². The van der Waals surface area contributed by atoms with Crippen LogP contribution in [-0.2, 0) is 4.79 Å². The largest absolute Gasteiger partial charge is 0.496 e. The number of thiazole rings is 1. The second-order valence-electron chi connectivity index (χ2n) is 8.79. The number of likely N-dealkylation sites (tertiary alicyclic amines) is 1. The number of rotatable bonds is 7. The number of hydrogen-bond donors (Lipinski definition) is 1. The molecule has 2 fully saturated rings. The molecule has 1 N–H and O–H groups in total. The van der Waals surface area contributed by atoms with Crippen LogP contribution in [0.15, 0.2) is 64.5 Å². The molecule has 5 rings (SSSR count). The second kappa shape index (κ2) is 10.3. The summed E-state index contributed by atoms with van der Waals surface area (Å²) in [5, 5.41) is 3.97. The average Bonchev–Trinajstić information content (AvgIpc) is 3.44. The summed E-state index contributed by atoms with van der Waals surface area (Å²) in [7, 11) is 1.59. The van der Waals surface area contributed by atoms with E-state index in [-0.39, 0.29) is 23.9 Å². The Balaban J connectivity index is 1.37. The zero-order chi connectivity index (χ0) is 25.2. The number of carbonyl (C=O) groups is 2. The van der Waals surface area contributed by atoms with E-state index in [1.165, 1.54) is 17.4 Å². The molecule has 36 heavy (non-hydrogen) atoms. The Morgan fingerprint density at radius 3 is 2.67 bits per heavy atom. The quantitative estimate of drug-likeness (QED) is 0.449. The van der Waals surface area contributed by atoms with E-state index in [0.717, 1.165) is 38.5 Å². The monoisotopic (exact) mass is 521 g/mol. The van der Waals surface area contributed by atoms with E-state index in [1.54, 1.807) is 30.0 Å². The van der Waals surface area contributed by atoms with E-state index in [9.17, 15) is 9.59 Å². The normalized spacial score (nSPS) is 18.7. The number of carbonyl (C=O) groups excluding carboxylic acids is 2. The summed E-state index contributed by atoms with van der Waals surface area (Å²) in [6, 6.07) is 9.52. The van der Waals surface area contributed by atoms with Crippen molar-refractivity contribution < 1.29 is 14.3 Å². The Labute approximate surface area is 218 Å². The van der Waals surface area contributed by atoms with Gasteiger partial charge >= 0.3 is 0 Å². The van der Waals surface area contributed by atoms with Gasteiger partial charge < -0.3 is 19.9 Å². The summed E-state index contributed by atoms with van der Waals surface area (Å²) >= 11 is 3.10. The molecule has 0 saturated carbocycles. The number of nitrogens with zero attached hydrogens (tertiary/aromatic N) is 4. The number of pyridine rings is 1. The molecular weight excluding hydrogens is 494 g/mol. The van der Waals surface area contributed by atoms with Crippen molar-refractivity contribution in [2.45, 2.75) is 41.0 Å². The molecule has 2 atom stereocenters. The molecule has 0 unspecified atom stereocenters. The van der Waals surface area contributed by atoms with Crippen LogP contribution in [0.3, 0.4) is 0 Å². The summed E-state index contributed by atoms with van der Waals surface area (Å²) in [5.74, 6) is 1.18. The number of hydrogen-bond acceptors (Lipinski definition) is 8. The van der Waals surface area contributed by atoms with Gasteiger partial charge in [0.25, 0.3) is 5.91 Å². The van der Waals surface area contributed by atoms with Crippen molar-refractivity contribution in [3.8, 4) is 5.75 Å². The maximum absolute atomic E-state index is 13.8. The van der Waals surface area contributed by atoms with Crippen LogP contribution in [0.2, 0.25) is 0 Å². The minimum atomic E-state index is -0.0768. The molecule has 0 radical (unpaired) electrons. The lowest BCUT2D eigenvalue weighted by Crippen LogP contribution is -2.56. The number of aromatic nitrogens is 2. The fourth-order valence-electron chi connectivity index (χ4n) is 4.81. The van der Waals surface area contributed by atoms with Crippen molar-refractivity contribution >= 4 is 45.9 Å². The first-order valence-corrected chi connectivity index (χ1v) is 13.3. The Bertz CT molecular complexity index is 1280. The first-order chi connectivity index (χ1) is 17.5. The summed E-state index contributed by atoms with van der Waals surface area (Å²) in [6.45, 7) is 6.69. The van der Waals surface area contributed by atoms with Crippen molar-refractivity contribution in [1.29, 1.82) is 0 Å². The minimum Gasteiger partial charge on any atom is -0.496 e. The zero-order valence-corrected chi connectivity index (χ0v) is 21.8. The summed E-state index contributed by atoms with van der Waals surface area (Å²) < 4.78 is 6.62. The molecule has 8 nitrogen and oxygen atoms in total. The van der Waals surface area contributed by atoms with Gasteiger partial charge in [0.1, 0.15) is 11.6 Å². The number of benzene rings is 1. The number of anilines is 2. The molecule has 1 aromatic carbocycles. The molecule has 2 bridgehead atoms. The highest BCUT2D eigenvalue weighted by Crippen LogP contribution is 2.40. The first kappa shape index (κ1) is 24.3. The first-order valence-electron chi connectivity index (χ1n) is 11.7. The van der Waals surface area contributed by atoms with Gasteiger partial charge in [0.15, 0.2) is 5.13 Å². The maximum Gasteiger partial charge on any atom is 0.258 e. The van der Waals surface area contributed by atoms with Crippen LogP contribution in [0.25, 0.3) is 0 Å². The van der Waals surface area contributed by atoms with Crippen LogP contribution in [0, 0.1) is 6.92 Å². The molecule has 2 amide bonds. The van der Waals surface area contributed by atoms with Crippen LogP contribution < -0.4 is 10.1 Å². The van der Waals surface area contributed by atoms with Gasteiger partial charge in [0, 0.05) is 24.2 Å². The van der Waals surface area contributed by atoms with E-state index >= 15 is 0 Å². The van der Waals surface area contributed by atoms with Gasteiger partial charge in [0.2, 0.25) is 5.91 Å². The van der Waals surface area contributed by atoms with Gasteiger partial charge in [0.05, 0.1) is 35.2 Å². The number of methoxy groups -OCH3 is 1. The van der Waals surface area contributed by atoms with Gasteiger partial charge in [-0.3, -0.25) is 9.59 Å². The highest BCUT2D eigenvalue weighted by molar-refractivity contribution is 8.01. The maximum atomic E-state index is 13.8. The highest BCUT2D eigenvalue weighted by Gasteiger charge is 2.44. The van der Waals surface area contributed by atoms with Gasteiger partial charge in [-0.15, -0.1) is 0 Å². The molecular formula is C26H27N5O3S2. The number of amides is 2. The molecule has 10 heteroatoms. The predicted molar refractivity (Wildman–Crippen MR) is 141 cm³/mol. The molecule has 2 aromatic heterocycles. The Morgan fingerprint density at radius 1 is 1.22 bits per heavy atom. The van der Waals surface area contributed by atoms with E-state index in [2.05, 4.69) is 21.9 Å². The average molecular weight is 522 g/mol. The van der Waals surface area contributed by atoms with Crippen molar-refractivity contribution in [2.24, 2.45) is 0 Å². The molecule has 2 aliphatic heterocycles. The van der Waals surface area contributed by atoms with E-state index in [1.807, 2.05) is 48.4 Å². The second-order valence-corrected chi connectivity index (χ2v) is 11.2. The Hall–Kier alpha value is -3.37. The van der Waals surface area contributed by atoms with E-state index < -0.39 is 0 Å². The lowest BCUT2D eigenvalue weighted by Gasteiger charge is -2.41. The summed E-state index contributed by atoms with van der Waals surface area (Å²) in [5.41, 5.74) is 1.56. The van der Waals surface area contributed by atoms with Crippen molar-refractivity contribution in [1.82, 2.24) is 19.8 Å². The number of fused-ring (bicyclic) bond motifs is 2. The van der Waals surface area contributed by atoms with E-state index in [0.29, 0.717) is 24.4 Å². The van der Waals surface area contributed by atoms with Gasteiger partial charge in [-0.1, -0.05) is 35.7 Å². The SMILES string of the molecule is C=CC(=O)N1C[C@H]2CC[C@H](C1)N2C(=O)c1cc(Sc2cnc(Nc3ccccn3)s2)c(C)cc1OC. The highest BCUT2D eigenvalue weighted by atomic mass is 32.2. The van der Waals surface area contributed by atoms with Crippen molar-refractivity contribution in [3.63, 3.8) is 0 Å². The van der Waals surface area contributed by atoms with Crippen LogP contribution in [0.5, 0.6) is 5.75 Å². The summed E-state index contributed by atoms with van der Waals surface area (Å²) in [4.78, 5) is 39.4. The molecule has 0 aliphatic carbocycles. The number of piperazine rings is 1. The number of nitrogens with one attached hydrogen (secondary N) is 1. The van der Waals surface area contributed by atoms with Gasteiger partial charge in [-0.05, 0) is 55.7 Å². The molecule has 0 spiro atoms. The summed E-state index contributed by atoms with van der Waals surface area (Å²) in [6.07, 6.45) is 6.68. The molecule has 2 saturated heterocycles. The smallest absolute Gasteiger partial charge is 0.258 e.